The molecule has 4 rings (SSSR count). The van der Waals surface area contributed by atoms with Gasteiger partial charge >= 0.3 is 0 Å². The van der Waals surface area contributed by atoms with Crippen LogP contribution < -0.4 is 4.74 Å². The maximum atomic E-state index is 13.1. The van der Waals surface area contributed by atoms with Gasteiger partial charge in [-0.15, -0.1) is 0 Å². The first kappa shape index (κ1) is 17.5. The summed E-state index contributed by atoms with van der Waals surface area (Å²) in [5.41, 5.74) is 1.31. The van der Waals surface area contributed by atoms with Crippen LogP contribution in [0.25, 0.3) is 11.4 Å². The molecule has 1 atom stereocenters. The number of para-hydroxylation sites is 1. The van der Waals surface area contributed by atoms with E-state index in [0.29, 0.717) is 34.6 Å². The second kappa shape index (κ2) is 7.40. The monoisotopic (exact) mass is 383 g/mol. The predicted molar refractivity (Wildman–Crippen MR) is 101 cm³/mol. The second-order valence-electron chi connectivity index (χ2n) is 6.32. The molecule has 1 saturated heterocycles. The van der Waals surface area contributed by atoms with Crippen molar-refractivity contribution in [2.45, 2.75) is 18.9 Å². The van der Waals surface area contributed by atoms with E-state index >= 15 is 0 Å². The molecule has 1 aliphatic heterocycles. The smallest absolute Gasteiger partial charge is 0.258 e. The highest BCUT2D eigenvalue weighted by atomic mass is 35.5. The lowest BCUT2D eigenvalue weighted by atomic mass is 10.1. The second-order valence-corrected chi connectivity index (χ2v) is 6.76. The van der Waals surface area contributed by atoms with E-state index < -0.39 is 0 Å². The van der Waals surface area contributed by atoms with Crippen LogP contribution in [0.1, 0.15) is 35.1 Å². The molecule has 2 heterocycles. The van der Waals surface area contributed by atoms with Crippen molar-refractivity contribution < 1.29 is 14.1 Å². The fraction of sp³-hybridized carbons (Fsp3) is 0.250. The number of hydrogen-bond donors (Lipinski definition) is 0. The molecule has 0 unspecified atom stereocenters. The molecule has 7 heteroatoms. The van der Waals surface area contributed by atoms with Crippen molar-refractivity contribution in [3.8, 4) is 17.1 Å². The first-order chi connectivity index (χ1) is 13.2. The largest absolute Gasteiger partial charge is 0.496 e. The Morgan fingerprint density at radius 3 is 2.93 bits per heavy atom. The Hall–Kier alpha value is -2.86. The molecule has 138 valence electrons. The summed E-state index contributed by atoms with van der Waals surface area (Å²) in [7, 11) is 1.56. The lowest BCUT2D eigenvalue weighted by molar-refractivity contribution is 0.0706. The highest BCUT2D eigenvalue weighted by Gasteiger charge is 2.35. The van der Waals surface area contributed by atoms with Crippen LogP contribution in [-0.4, -0.2) is 34.6 Å². The van der Waals surface area contributed by atoms with Crippen LogP contribution in [-0.2, 0) is 0 Å². The molecule has 1 fully saturated rings. The van der Waals surface area contributed by atoms with Crippen LogP contribution in [0.2, 0.25) is 5.02 Å². The topological polar surface area (TPSA) is 68.5 Å². The maximum Gasteiger partial charge on any atom is 0.258 e. The molecule has 1 aliphatic rings. The van der Waals surface area contributed by atoms with E-state index in [1.54, 1.807) is 36.3 Å². The number of aromatic nitrogens is 2. The minimum Gasteiger partial charge on any atom is -0.496 e. The third-order valence-electron chi connectivity index (χ3n) is 4.66. The molecule has 2 aromatic carbocycles. The first-order valence-corrected chi connectivity index (χ1v) is 9.08. The number of likely N-dealkylation sites (tertiary alicyclic amines) is 1. The third kappa shape index (κ3) is 3.40. The Balaban J connectivity index is 1.61. The molecule has 27 heavy (non-hydrogen) atoms. The van der Waals surface area contributed by atoms with Gasteiger partial charge in [0, 0.05) is 17.1 Å². The quantitative estimate of drug-likeness (QED) is 0.668. The summed E-state index contributed by atoms with van der Waals surface area (Å²) < 4.78 is 10.8. The molecule has 0 saturated carbocycles. The number of halogens is 1. The van der Waals surface area contributed by atoms with Crippen molar-refractivity contribution >= 4 is 17.5 Å². The average molecular weight is 384 g/mol. The van der Waals surface area contributed by atoms with E-state index in [1.165, 1.54) is 0 Å². The van der Waals surface area contributed by atoms with Crippen LogP contribution in [0.4, 0.5) is 0 Å². The number of amides is 1. The summed E-state index contributed by atoms with van der Waals surface area (Å²) in [4.78, 5) is 19.4. The summed E-state index contributed by atoms with van der Waals surface area (Å²) in [5.74, 6) is 1.35. The SMILES string of the molecule is COc1ccccc1C(=O)N1CCC[C@H]1c1nc(-c2cccc(Cl)c2)no1. The Kier molecular flexibility index (Phi) is 4.81. The number of carbonyl (C=O) groups excluding carboxylic acids is 1. The molecule has 0 N–H and O–H groups in total. The van der Waals surface area contributed by atoms with Crippen LogP contribution in [0, 0.1) is 0 Å². The van der Waals surface area contributed by atoms with Crippen molar-refractivity contribution in [2.75, 3.05) is 13.7 Å². The van der Waals surface area contributed by atoms with Gasteiger partial charge in [0.15, 0.2) is 0 Å². The molecule has 6 nitrogen and oxygen atoms in total. The van der Waals surface area contributed by atoms with Crippen LogP contribution in [0.5, 0.6) is 5.75 Å². The van der Waals surface area contributed by atoms with Gasteiger partial charge in [0.05, 0.1) is 12.7 Å². The zero-order chi connectivity index (χ0) is 18.8. The maximum absolute atomic E-state index is 13.1. The lowest BCUT2D eigenvalue weighted by Crippen LogP contribution is -2.31. The van der Waals surface area contributed by atoms with Crippen LogP contribution in [0.3, 0.4) is 0 Å². The summed E-state index contributed by atoms with van der Waals surface area (Å²) >= 11 is 6.04. The molecular formula is C20H18ClN3O3. The van der Waals surface area contributed by atoms with Crippen LogP contribution in [0.15, 0.2) is 53.1 Å². The van der Waals surface area contributed by atoms with E-state index in [4.69, 9.17) is 20.9 Å². The minimum atomic E-state index is -0.247. The van der Waals surface area contributed by atoms with Gasteiger partial charge in [0.2, 0.25) is 11.7 Å². The zero-order valence-corrected chi connectivity index (χ0v) is 15.5. The number of methoxy groups -OCH3 is 1. The van der Waals surface area contributed by atoms with Gasteiger partial charge in [-0.3, -0.25) is 4.79 Å². The first-order valence-electron chi connectivity index (χ1n) is 8.71. The van der Waals surface area contributed by atoms with Crippen molar-refractivity contribution in [3.63, 3.8) is 0 Å². The number of hydrogen-bond acceptors (Lipinski definition) is 5. The molecule has 1 amide bonds. The van der Waals surface area contributed by atoms with Gasteiger partial charge in [0.25, 0.3) is 5.91 Å². The molecular weight excluding hydrogens is 366 g/mol. The Morgan fingerprint density at radius 1 is 1.26 bits per heavy atom. The Labute approximate surface area is 161 Å². The number of benzene rings is 2. The van der Waals surface area contributed by atoms with Gasteiger partial charge in [-0.25, -0.2) is 0 Å². The minimum absolute atomic E-state index is 0.0996. The zero-order valence-electron chi connectivity index (χ0n) is 14.8. The average Bonchev–Trinajstić information content (AvgIpc) is 3.36. The van der Waals surface area contributed by atoms with Gasteiger partial charge in [-0.2, -0.15) is 4.98 Å². The molecule has 0 spiro atoms. The fourth-order valence-electron chi connectivity index (χ4n) is 3.36. The van der Waals surface area contributed by atoms with E-state index in [-0.39, 0.29) is 11.9 Å². The normalized spacial score (nSPS) is 16.5. The Morgan fingerprint density at radius 2 is 2.11 bits per heavy atom. The van der Waals surface area contributed by atoms with Crippen molar-refractivity contribution in [1.29, 1.82) is 0 Å². The standard InChI is InChI=1S/C20H18ClN3O3/c1-26-17-10-3-2-8-15(17)20(25)24-11-5-9-16(24)19-22-18(23-27-19)13-6-4-7-14(21)12-13/h2-4,6-8,10,12,16H,5,9,11H2,1H3/t16-/m0/s1. The number of ether oxygens (including phenoxy) is 1. The highest BCUT2D eigenvalue weighted by Crippen LogP contribution is 2.34. The van der Waals surface area contributed by atoms with Crippen molar-refractivity contribution in [3.05, 3.63) is 65.0 Å². The predicted octanol–water partition coefficient (Wildman–Crippen LogP) is 4.38. The molecule has 3 aromatic rings. The van der Waals surface area contributed by atoms with Gasteiger partial charge in [-0.05, 0) is 37.1 Å². The highest BCUT2D eigenvalue weighted by molar-refractivity contribution is 6.30. The Bertz CT molecular complexity index is 972. The molecule has 0 bridgehead atoms. The molecule has 0 aliphatic carbocycles. The fourth-order valence-corrected chi connectivity index (χ4v) is 3.55. The van der Waals surface area contributed by atoms with Gasteiger partial charge in [0.1, 0.15) is 11.8 Å². The van der Waals surface area contributed by atoms with Gasteiger partial charge in [-0.1, -0.05) is 41.0 Å². The van der Waals surface area contributed by atoms with E-state index in [2.05, 4.69) is 10.1 Å². The summed E-state index contributed by atoms with van der Waals surface area (Å²) in [6.07, 6.45) is 1.65. The number of rotatable bonds is 4. The van der Waals surface area contributed by atoms with Crippen LogP contribution >= 0.6 is 11.6 Å². The molecule has 0 radical (unpaired) electrons. The third-order valence-corrected chi connectivity index (χ3v) is 4.90. The number of carbonyl (C=O) groups is 1. The molecule has 1 aromatic heterocycles. The van der Waals surface area contributed by atoms with Crippen molar-refractivity contribution in [2.24, 2.45) is 0 Å². The summed E-state index contributed by atoms with van der Waals surface area (Å²) in [6.45, 7) is 0.635. The number of nitrogens with zero attached hydrogens (tertiary/aromatic N) is 3. The van der Waals surface area contributed by atoms with E-state index in [9.17, 15) is 4.79 Å². The van der Waals surface area contributed by atoms with Gasteiger partial charge < -0.3 is 14.2 Å². The van der Waals surface area contributed by atoms with E-state index in [1.807, 2.05) is 24.3 Å². The summed E-state index contributed by atoms with van der Waals surface area (Å²) in [6, 6.07) is 14.2. The van der Waals surface area contributed by atoms with E-state index in [0.717, 1.165) is 18.4 Å². The lowest BCUT2D eigenvalue weighted by Gasteiger charge is -2.22. The summed E-state index contributed by atoms with van der Waals surface area (Å²) in [5, 5.41) is 4.67. The van der Waals surface area contributed by atoms with Crippen molar-refractivity contribution in [1.82, 2.24) is 15.0 Å².